The van der Waals surface area contributed by atoms with Crippen molar-refractivity contribution in [3.8, 4) is 0 Å². The van der Waals surface area contributed by atoms with Crippen LogP contribution in [0.15, 0.2) is 24.3 Å². The lowest BCUT2D eigenvalue weighted by Gasteiger charge is -2.08. The molecular formula is C15H4ClF5O4. The van der Waals surface area contributed by atoms with E-state index >= 15 is 0 Å². The molecular weight excluding hydrogens is 375 g/mol. The van der Waals surface area contributed by atoms with Crippen LogP contribution < -0.4 is 0 Å². The predicted octanol–water partition coefficient (Wildman–Crippen LogP) is 3.76. The summed E-state index contributed by atoms with van der Waals surface area (Å²) in [5.41, 5.74) is -2.88. The van der Waals surface area contributed by atoms with Crippen molar-refractivity contribution >= 4 is 28.8 Å². The summed E-state index contributed by atoms with van der Waals surface area (Å²) in [6.07, 6.45) is 0. The number of rotatable bonds is 3. The van der Waals surface area contributed by atoms with Crippen molar-refractivity contribution < 1.29 is 41.1 Å². The molecule has 0 bridgehead atoms. The van der Waals surface area contributed by atoms with Gasteiger partial charge in [0, 0.05) is 5.56 Å². The number of halogens is 6. The van der Waals surface area contributed by atoms with Crippen LogP contribution in [0.25, 0.3) is 0 Å². The monoisotopic (exact) mass is 378 g/mol. The first-order valence-corrected chi connectivity index (χ1v) is 6.61. The highest BCUT2D eigenvalue weighted by Gasteiger charge is 2.32. The smallest absolute Gasteiger partial charge is 0.352 e. The van der Waals surface area contributed by atoms with Crippen LogP contribution in [0.1, 0.15) is 31.1 Å². The van der Waals surface area contributed by atoms with Crippen LogP contribution in [0.2, 0.25) is 0 Å². The van der Waals surface area contributed by atoms with Crippen LogP contribution in [0.5, 0.6) is 0 Å². The van der Waals surface area contributed by atoms with Gasteiger partial charge >= 0.3 is 11.9 Å². The minimum atomic E-state index is -2.48. The zero-order valence-corrected chi connectivity index (χ0v) is 12.5. The third-order valence-electron chi connectivity index (χ3n) is 2.96. The van der Waals surface area contributed by atoms with Gasteiger partial charge in [-0.2, -0.15) is 0 Å². The molecule has 2 rings (SSSR count). The molecule has 0 aromatic heterocycles. The average Bonchev–Trinajstić information content (AvgIpc) is 2.58. The molecule has 0 radical (unpaired) electrons. The Hall–Kier alpha value is -2.81. The maximum absolute atomic E-state index is 13.5. The molecule has 0 spiro atoms. The van der Waals surface area contributed by atoms with E-state index < -0.39 is 57.4 Å². The third-order valence-corrected chi connectivity index (χ3v) is 3.16. The highest BCUT2D eigenvalue weighted by molar-refractivity contribution is 6.68. The van der Waals surface area contributed by atoms with Crippen LogP contribution in [0, 0.1) is 29.1 Å². The van der Waals surface area contributed by atoms with Crippen LogP contribution >= 0.6 is 11.6 Å². The summed E-state index contributed by atoms with van der Waals surface area (Å²) in [5.74, 6) is -15.9. The van der Waals surface area contributed by atoms with Gasteiger partial charge in [0.2, 0.25) is 5.82 Å². The molecule has 0 aliphatic rings. The van der Waals surface area contributed by atoms with E-state index in [0.29, 0.717) is 0 Å². The molecule has 0 saturated carbocycles. The lowest BCUT2D eigenvalue weighted by molar-refractivity contribution is 0.0387. The molecule has 25 heavy (non-hydrogen) atoms. The Kier molecular flexibility index (Phi) is 5.17. The molecule has 0 unspecified atom stereocenters. The van der Waals surface area contributed by atoms with E-state index in [9.17, 15) is 36.3 Å². The van der Waals surface area contributed by atoms with Gasteiger partial charge in [-0.15, -0.1) is 0 Å². The van der Waals surface area contributed by atoms with Gasteiger partial charge in [0.15, 0.2) is 23.3 Å². The maximum Gasteiger partial charge on any atom is 0.352 e. The Morgan fingerprint density at radius 3 is 1.64 bits per heavy atom. The van der Waals surface area contributed by atoms with Gasteiger partial charge < -0.3 is 4.74 Å². The fourth-order valence-electron chi connectivity index (χ4n) is 1.81. The van der Waals surface area contributed by atoms with E-state index in [1.807, 2.05) is 0 Å². The SMILES string of the molecule is O=C(Cl)c1ccccc1C(=O)OC(=O)c1c(F)c(F)c(F)c(F)c1F. The minimum absolute atomic E-state index is 0.389. The second-order valence-electron chi connectivity index (χ2n) is 4.44. The molecule has 0 N–H and O–H groups in total. The molecule has 0 atom stereocenters. The molecule has 10 heteroatoms. The molecule has 0 amide bonds. The van der Waals surface area contributed by atoms with Gasteiger partial charge in [-0.05, 0) is 23.7 Å². The van der Waals surface area contributed by atoms with Crippen molar-refractivity contribution in [1.82, 2.24) is 0 Å². The van der Waals surface area contributed by atoms with Crippen molar-refractivity contribution in [2.24, 2.45) is 0 Å². The average molecular weight is 379 g/mol. The van der Waals surface area contributed by atoms with Crippen LogP contribution in [0.4, 0.5) is 22.0 Å². The highest BCUT2D eigenvalue weighted by Crippen LogP contribution is 2.24. The lowest BCUT2D eigenvalue weighted by atomic mass is 10.1. The Labute approximate surface area is 140 Å². The number of benzene rings is 2. The zero-order valence-electron chi connectivity index (χ0n) is 11.7. The van der Waals surface area contributed by atoms with E-state index in [1.54, 1.807) is 0 Å². The van der Waals surface area contributed by atoms with Gasteiger partial charge in [-0.3, -0.25) is 4.79 Å². The predicted molar refractivity (Wildman–Crippen MR) is 72.6 cm³/mol. The van der Waals surface area contributed by atoms with Gasteiger partial charge in [0.1, 0.15) is 5.56 Å². The summed E-state index contributed by atoms with van der Waals surface area (Å²) < 4.78 is 70.2. The van der Waals surface area contributed by atoms with E-state index in [-0.39, 0.29) is 5.56 Å². The fourth-order valence-corrected chi connectivity index (χ4v) is 1.97. The first-order chi connectivity index (χ1) is 11.7. The summed E-state index contributed by atoms with van der Waals surface area (Å²) in [5, 5.41) is -1.10. The minimum Gasteiger partial charge on any atom is -0.386 e. The van der Waals surface area contributed by atoms with Crippen molar-refractivity contribution in [3.63, 3.8) is 0 Å². The summed E-state index contributed by atoms with van der Waals surface area (Å²) in [6.45, 7) is 0. The second-order valence-corrected chi connectivity index (χ2v) is 4.78. The van der Waals surface area contributed by atoms with Crippen LogP contribution in [0.3, 0.4) is 0 Å². The Bertz CT molecular complexity index is 884. The molecule has 0 aliphatic carbocycles. The van der Waals surface area contributed by atoms with Gasteiger partial charge in [0.05, 0.1) is 5.56 Å². The Balaban J connectivity index is 2.42. The number of esters is 2. The van der Waals surface area contributed by atoms with Crippen LogP contribution in [-0.2, 0) is 4.74 Å². The number of hydrogen-bond donors (Lipinski definition) is 0. The summed E-state index contributed by atoms with van der Waals surface area (Å²) in [4.78, 5) is 34.7. The molecule has 0 saturated heterocycles. The summed E-state index contributed by atoms with van der Waals surface area (Å²) in [6, 6.07) is 4.67. The van der Waals surface area contributed by atoms with Crippen molar-refractivity contribution in [1.29, 1.82) is 0 Å². The molecule has 0 aliphatic heterocycles. The number of hydrogen-bond acceptors (Lipinski definition) is 4. The molecule has 2 aromatic rings. The topological polar surface area (TPSA) is 60.4 Å². The van der Waals surface area contributed by atoms with Gasteiger partial charge in [-0.25, -0.2) is 31.5 Å². The van der Waals surface area contributed by atoms with Gasteiger partial charge in [-0.1, -0.05) is 12.1 Å². The highest BCUT2D eigenvalue weighted by atomic mass is 35.5. The largest absolute Gasteiger partial charge is 0.386 e. The van der Waals surface area contributed by atoms with Crippen molar-refractivity contribution in [2.75, 3.05) is 0 Å². The van der Waals surface area contributed by atoms with E-state index in [4.69, 9.17) is 11.6 Å². The first-order valence-electron chi connectivity index (χ1n) is 6.23. The maximum atomic E-state index is 13.5. The van der Waals surface area contributed by atoms with Gasteiger partial charge in [0.25, 0.3) is 5.24 Å². The summed E-state index contributed by atoms with van der Waals surface area (Å²) >= 11 is 5.22. The number of ether oxygens (including phenoxy) is 1. The molecule has 0 fully saturated rings. The quantitative estimate of drug-likeness (QED) is 0.204. The van der Waals surface area contributed by atoms with Crippen LogP contribution in [-0.4, -0.2) is 17.2 Å². The van der Waals surface area contributed by atoms with E-state index in [2.05, 4.69) is 4.74 Å². The number of carbonyl (C=O) groups excluding carboxylic acids is 3. The number of carbonyl (C=O) groups is 3. The Morgan fingerprint density at radius 1 is 0.720 bits per heavy atom. The molecule has 4 nitrogen and oxygen atoms in total. The van der Waals surface area contributed by atoms with E-state index in [0.717, 1.165) is 12.1 Å². The second kappa shape index (κ2) is 6.98. The molecule has 2 aromatic carbocycles. The van der Waals surface area contributed by atoms with Crippen molar-refractivity contribution in [2.45, 2.75) is 0 Å². The standard InChI is InChI=1S/C15H4ClF5O4/c16-13(22)5-3-1-2-4-6(5)14(23)25-15(24)7-8(17)10(19)12(21)11(20)9(7)18/h1-4H. The Morgan fingerprint density at radius 2 is 1.16 bits per heavy atom. The first kappa shape index (κ1) is 18.5. The third kappa shape index (κ3) is 3.36. The van der Waals surface area contributed by atoms with Crippen molar-refractivity contribution in [3.05, 3.63) is 70.0 Å². The normalized spacial score (nSPS) is 10.5. The van der Waals surface area contributed by atoms with E-state index in [1.165, 1.54) is 12.1 Å². The summed E-state index contributed by atoms with van der Waals surface area (Å²) in [7, 11) is 0. The zero-order chi connectivity index (χ0) is 18.9. The molecule has 130 valence electrons. The fraction of sp³-hybridized carbons (Fsp3) is 0. The lowest BCUT2D eigenvalue weighted by Crippen LogP contribution is -2.19. The molecule has 0 heterocycles.